The predicted octanol–water partition coefficient (Wildman–Crippen LogP) is 8.23. The summed E-state index contributed by atoms with van der Waals surface area (Å²) in [6.45, 7) is 9.32. The third kappa shape index (κ3) is 7.13. The number of ether oxygens (including phenoxy) is 2. The number of allylic oxidation sites excluding steroid dienone is 3. The van der Waals surface area contributed by atoms with E-state index in [-0.39, 0.29) is 23.6 Å². The van der Waals surface area contributed by atoms with Crippen molar-refractivity contribution in [1.29, 1.82) is 0 Å². The lowest BCUT2D eigenvalue weighted by atomic mass is 9.80. The van der Waals surface area contributed by atoms with Crippen LogP contribution in [0.3, 0.4) is 0 Å². The Morgan fingerprint density at radius 3 is 2.65 bits per heavy atom. The Morgan fingerprint density at radius 2 is 1.91 bits per heavy atom. The lowest BCUT2D eigenvalue weighted by Crippen LogP contribution is -2.47. The summed E-state index contributed by atoms with van der Waals surface area (Å²) in [5, 5.41) is 2.29. The second kappa shape index (κ2) is 13.0. The van der Waals surface area contributed by atoms with E-state index in [4.69, 9.17) is 9.47 Å². The number of Topliss-reactive ketones (excluding diaryl/α,β-unsaturated/α-hetero) is 1. The summed E-state index contributed by atoms with van der Waals surface area (Å²) >= 11 is 0. The minimum Gasteiger partial charge on any atom is -0.378 e. The number of benzene rings is 2. The molecule has 1 aliphatic rings. The lowest BCUT2D eigenvalue weighted by Gasteiger charge is -2.45. The van der Waals surface area contributed by atoms with Gasteiger partial charge in [-0.25, -0.2) is 0 Å². The molecule has 3 heteroatoms. The minimum absolute atomic E-state index is 0.0644. The maximum absolute atomic E-state index is 13.0. The van der Waals surface area contributed by atoms with E-state index in [1.165, 1.54) is 11.0 Å². The second-order valence-electron chi connectivity index (χ2n) is 9.64. The summed E-state index contributed by atoms with van der Waals surface area (Å²) in [6, 6.07) is 14.2. The number of fused-ring (bicyclic) bond motifs is 1. The molecule has 1 saturated heterocycles. The molecule has 0 spiro atoms. The highest BCUT2D eigenvalue weighted by atomic mass is 16.5. The molecule has 2 aromatic carbocycles. The summed E-state index contributed by atoms with van der Waals surface area (Å²) in [7, 11) is 0. The first-order valence-electron chi connectivity index (χ1n) is 13.1. The van der Waals surface area contributed by atoms with Gasteiger partial charge in [0.25, 0.3) is 0 Å². The van der Waals surface area contributed by atoms with Crippen molar-refractivity contribution in [3.63, 3.8) is 0 Å². The highest BCUT2D eigenvalue weighted by molar-refractivity contribution is 5.99. The van der Waals surface area contributed by atoms with Gasteiger partial charge in [0.2, 0.25) is 0 Å². The van der Waals surface area contributed by atoms with E-state index >= 15 is 0 Å². The van der Waals surface area contributed by atoms with Crippen LogP contribution in [0.25, 0.3) is 10.8 Å². The predicted molar refractivity (Wildman–Crippen MR) is 142 cm³/mol. The molecule has 0 bridgehead atoms. The Balaban J connectivity index is 1.70. The van der Waals surface area contributed by atoms with Gasteiger partial charge in [-0.15, -0.1) is 0 Å². The fourth-order valence-electron chi connectivity index (χ4n) is 5.22. The Morgan fingerprint density at radius 1 is 1.12 bits per heavy atom. The molecule has 1 heterocycles. The average Bonchev–Trinajstić information content (AvgIpc) is 2.84. The molecular weight excluding hydrogens is 420 g/mol. The van der Waals surface area contributed by atoms with E-state index < -0.39 is 0 Å². The second-order valence-corrected chi connectivity index (χ2v) is 9.64. The average molecular weight is 463 g/mol. The zero-order valence-electron chi connectivity index (χ0n) is 21.5. The highest BCUT2D eigenvalue weighted by Crippen LogP contribution is 2.40. The van der Waals surface area contributed by atoms with Crippen molar-refractivity contribution < 1.29 is 14.3 Å². The smallest absolute Gasteiger partial charge is 0.162 e. The van der Waals surface area contributed by atoms with Crippen molar-refractivity contribution >= 4 is 16.6 Å². The van der Waals surface area contributed by atoms with Crippen molar-refractivity contribution in [1.82, 2.24) is 0 Å². The highest BCUT2D eigenvalue weighted by Gasteiger charge is 2.41. The van der Waals surface area contributed by atoms with Gasteiger partial charge in [-0.1, -0.05) is 74.9 Å². The molecule has 0 saturated carbocycles. The van der Waals surface area contributed by atoms with Crippen LogP contribution in [0.2, 0.25) is 0 Å². The van der Waals surface area contributed by atoms with E-state index in [9.17, 15) is 4.79 Å². The molecule has 0 aliphatic carbocycles. The Hall–Kier alpha value is -2.23. The van der Waals surface area contributed by atoms with E-state index in [1.54, 1.807) is 0 Å². The summed E-state index contributed by atoms with van der Waals surface area (Å²) in [5.74, 6) is 0.215. The molecule has 3 rings (SSSR count). The normalized spacial score (nSPS) is 23.6. The molecule has 3 unspecified atom stereocenters. The first-order chi connectivity index (χ1) is 16.5. The first-order valence-corrected chi connectivity index (χ1v) is 13.1. The number of carbonyl (C=O) groups excluding carboxylic acids is 1. The number of carbonyl (C=O) groups is 1. The van der Waals surface area contributed by atoms with E-state index in [1.807, 2.05) is 30.3 Å². The first kappa shape index (κ1) is 26.4. The topological polar surface area (TPSA) is 35.5 Å². The van der Waals surface area contributed by atoms with Crippen LogP contribution in [0.15, 0.2) is 66.3 Å². The third-order valence-corrected chi connectivity index (χ3v) is 6.92. The Labute approximate surface area is 206 Å². The van der Waals surface area contributed by atoms with Crippen molar-refractivity contribution in [2.24, 2.45) is 0 Å². The molecule has 2 aromatic rings. The molecule has 0 amide bonds. The quantitative estimate of drug-likeness (QED) is 0.235. The van der Waals surface area contributed by atoms with Gasteiger partial charge >= 0.3 is 0 Å². The van der Waals surface area contributed by atoms with Crippen molar-refractivity contribution in [2.75, 3.05) is 6.61 Å². The number of hydrogen-bond donors (Lipinski definition) is 0. The molecule has 0 radical (unpaired) electrons. The minimum atomic E-state index is -0.231. The maximum Gasteiger partial charge on any atom is 0.162 e. The van der Waals surface area contributed by atoms with Gasteiger partial charge in [0.1, 0.15) is 0 Å². The van der Waals surface area contributed by atoms with Crippen LogP contribution in [0.5, 0.6) is 0 Å². The zero-order chi connectivity index (χ0) is 24.4. The summed E-state index contributed by atoms with van der Waals surface area (Å²) in [4.78, 5) is 13.0. The van der Waals surface area contributed by atoms with Crippen LogP contribution in [0.4, 0.5) is 0 Å². The van der Waals surface area contributed by atoms with E-state index in [0.717, 1.165) is 62.5 Å². The molecule has 0 N–H and O–H groups in total. The standard InChI is InChI=1S/C31H42O3/c1-5-8-9-13-24(4)30-22-28(33-7-3)23-31(34-30,19-6-2)20-12-16-29(32)27-18-17-25-14-10-11-15-26(25)21-27/h8-11,13-15,17-18,21,28,30H,5-7,12,16,19-20,22-23H2,1-4H3. The van der Waals surface area contributed by atoms with E-state index in [2.05, 4.69) is 58.1 Å². The van der Waals surface area contributed by atoms with Gasteiger partial charge in [-0.3, -0.25) is 4.79 Å². The van der Waals surface area contributed by atoms with Gasteiger partial charge in [-0.05, 0) is 61.9 Å². The third-order valence-electron chi connectivity index (χ3n) is 6.92. The molecule has 3 atom stereocenters. The van der Waals surface area contributed by atoms with Gasteiger partial charge in [0, 0.05) is 31.4 Å². The van der Waals surface area contributed by atoms with Gasteiger partial charge in [0.05, 0.1) is 17.8 Å². The fraction of sp³-hybridized carbons (Fsp3) is 0.516. The number of ketones is 1. The Bertz CT molecular complexity index is 989. The van der Waals surface area contributed by atoms with Crippen LogP contribution < -0.4 is 0 Å². The van der Waals surface area contributed by atoms with Crippen molar-refractivity contribution in [3.8, 4) is 0 Å². The zero-order valence-corrected chi connectivity index (χ0v) is 21.5. The van der Waals surface area contributed by atoms with Crippen LogP contribution in [0, 0.1) is 0 Å². The number of hydrogen-bond acceptors (Lipinski definition) is 3. The van der Waals surface area contributed by atoms with Gasteiger partial charge < -0.3 is 9.47 Å². The molecule has 1 fully saturated rings. The van der Waals surface area contributed by atoms with E-state index in [0.29, 0.717) is 6.42 Å². The summed E-state index contributed by atoms with van der Waals surface area (Å²) in [6.07, 6.45) is 13.9. The molecule has 34 heavy (non-hydrogen) atoms. The molecular formula is C31H42O3. The SMILES string of the molecule is CCC=CC=C(C)C1CC(OCC)CC(CCC)(CCCC(=O)c2ccc3ccccc3c2)O1. The molecule has 3 nitrogen and oxygen atoms in total. The summed E-state index contributed by atoms with van der Waals surface area (Å²) in [5.41, 5.74) is 1.83. The van der Waals surface area contributed by atoms with Crippen molar-refractivity contribution in [2.45, 2.75) is 96.9 Å². The van der Waals surface area contributed by atoms with Crippen LogP contribution in [-0.4, -0.2) is 30.2 Å². The van der Waals surface area contributed by atoms with Crippen molar-refractivity contribution in [3.05, 3.63) is 71.8 Å². The number of rotatable bonds is 12. The van der Waals surface area contributed by atoms with Gasteiger partial charge in [0.15, 0.2) is 5.78 Å². The molecule has 0 aromatic heterocycles. The lowest BCUT2D eigenvalue weighted by molar-refractivity contribution is -0.168. The Kier molecular flexibility index (Phi) is 10.1. The maximum atomic E-state index is 13.0. The fourth-order valence-corrected chi connectivity index (χ4v) is 5.22. The van der Waals surface area contributed by atoms with Crippen LogP contribution in [-0.2, 0) is 9.47 Å². The van der Waals surface area contributed by atoms with Crippen LogP contribution >= 0.6 is 0 Å². The summed E-state index contributed by atoms with van der Waals surface area (Å²) < 4.78 is 13.0. The van der Waals surface area contributed by atoms with Gasteiger partial charge in [-0.2, -0.15) is 0 Å². The monoisotopic (exact) mass is 462 g/mol. The largest absolute Gasteiger partial charge is 0.378 e. The molecule has 1 aliphatic heterocycles. The van der Waals surface area contributed by atoms with Crippen LogP contribution in [0.1, 0.15) is 89.4 Å². The molecule has 184 valence electrons.